The second-order valence-electron chi connectivity index (χ2n) is 5.49. The summed E-state index contributed by atoms with van der Waals surface area (Å²) in [5.41, 5.74) is 0. The molecule has 0 amide bonds. The van der Waals surface area contributed by atoms with Gasteiger partial charge in [0, 0.05) is 33.4 Å². The van der Waals surface area contributed by atoms with Gasteiger partial charge in [0.1, 0.15) is 12.4 Å². The van der Waals surface area contributed by atoms with E-state index in [0.717, 1.165) is 44.1 Å². The molecule has 0 aliphatic heterocycles. The van der Waals surface area contributed by atoms with Crippen molar-refractivity contribution in [3.8, 4) is 0 Å². The fourth-order valence-corrected chi connectivity index (χ4v) is 1.98. The Morgan fingerprint density at radius 1 is 1.00 bits per heavy atom. The second-order valence-corrected chi connectivity index (χ2v) is 5.49. The van der Waals surface area contributed by atoms with E-state index >= 15 is 0 Å². The molecule has 0 aliphatic rings. The highest BCUT2D eigenvalue weighted by atomic mass is 16.5. The highest BCUT2D eigenvalue weighted by Gasteiger charge is 1.98. The Hall–Kier alpha value is -1.57. The molecule has 1 aromatic heterocycles. The minimum atomic E-state index is 0.513. The maximum absolute atomic E-state index is 5.53. The number of nitrogens with zero attached hydrogens (tertiary/aromatic N) is 1. The molecular weight excluding hydrogens is 322 g/mol. The third-order valence-corrected chi connectivity index (χ3v) is 3.36. The van der Waals surface area contributed by atoms with Gasteiger partial charge in [0.05, 0.1) is 26.1 Å². The van der Waals surface area contributed by atoms with E-state index in [-0.39, 0.29) is 0 Å². The fourth-order valence-electron chi connectivity index (χ4n) is 1.98. The molecule has 0 atom stereocenters. The lowest BCUT2D eigenvalue weighted by Gasteiger charge is -2.12. The second kappa shape index (κ2) is 15.9. The van der Waals surface area contributed by atoms with Gasteiger partial charge < -0.3 is 29.3 Å². The van der Waals surface area contributed by atoms with Crippen molar-refractivity contribution >= 4 is 5.96 Å². The van der Waals surface area contributed by atoms with Crippen molar-refractivity contribution in [3.05, 3.63) is 24.2 Å². The van der Waals surface area contributed by atoms with Gasteiger partial charge in [0.15, 0.2) is 5.96 Å². The van der Waals surface area contributed by atoms with E-state index in [4.69, 9.17) is 18.6 Å². The van der Waals surface area contributed by atoms with Gasteiger partial charge in [-0.3, -0.25) is 4.99 Å². The summed E-state index contributed by atoms with van der Waals surface area (Å²) >= 11 is 0. The molecule has 0 saturated carbocycles. The highest BCUT2D eigenvalue weighted by molar-refractivity contribution is 5.79. The zero-order valence-corrected chi connectivity index (χ0v) is 15.6. The summed E-state index contributed by atoms with van der Waals surface area (Å²) in [6.45, 7) is 7.58. The number of hydrogen-bond donors (Lipinski definition) is 2. The summed E-state index contributed by atoms with van der Waals surface area (Å²) in [5, 5.41) is 6.45. The Morgan fingerprint density at radius 2 is 1.76 bits per heavy atom. The van der Waals surface area contributed by atoms with Crippen molar-refractivity contribution in [2.24, 2.45) is 4.99 Å². The predicted octanol–water partition coefficient (Wildman–Crippen LogP) is 2.18. The molecule has 0 radical (unpaired) electrons. The summed E-state index contributed by atoms with van der Waals surface area (Å²) in [7, 11) is 1.76. The number of ether oxygens (including phenoxy) is 3. The van der Waals surface area contributed by atoms with E-state index in [0.29, 0.717) is 39.6 Å². The Bertz CT molecular complexity index is 424. The zero-order chi connectivity index (χ0) is 18.0. The molecule has 0 aromatic carbocycles. The van der Waals surface area contributed by atoms with E-state index in [2.05, 4.69) is 22.5 Å². The number of furan rings is 1. The van der Waals surface area contributed by atoms with Crippen molar-refractivity contribution in [1.29, 1.82) is 0 Å². The van der Waals surface area contributed by atoms with Crippen LogP contribution in [0.4, 0.5) is 0 Å². The van der Waals surface area contributed by atoms with E-state index in [1.807, 2.05) is 12.1 Å². The molecule has 25 heavy (non-hydrogen) atoms. The van der Waals surface area contributed by atoms with Crippen LogP contribution in [0.15, 0.2) is 27.8 Å². The van der Waals surface area contributed by atoms with Gasteiger partial charge in [-0.2, -0.15) is 0 Å². The number of nitrogens with one attached hydrogen (secondary N) is 2. The molecular formula is C18H33N3O4. The third kappa shape index (κ3) is 12.4. The molecule has 144 valence electrons. The lowest BCUT2D eigenvalue weighted by Crippen LogP contribution is -2.39. The molecule has 2 N–H and O–H groups in total. The molecule has 0 spiro atoms. The van der Waals surface area contributed by atoms with Crippen LogP contribution in [0, 0.1) is 0 Å². The summed E-state index contributed by atoms with van der Waals surface area (Å²) in [6, 6.07) is 3.77. The van der Waals surface area contributed by atoms with Crippen LogP contribution in [0.1, 0.15) is 31.9 Å². The molecule has 7 nitrogen and oxygen atoms in total. The average Bonchev–Trinajstić information content (AvgIpc) is 3.14. The molecule has 0 saturated heterocycles. The lowest BCUT2D eigenvalue weighted by atomic mass is 10.4. The Balaban J connectivity index is 1.87. The SMILES string of the molecule is CCCCOCCOCCNC(=NC)NCCCOCc1ccco1. The van der Waals surface area contributed by atoms with Crippen molar-refractivity contribution in [3.63, 3.8) is 0 Å². The van der Waals surface area contributed by atoms with Gasteiger partial charge >= 0.3 is 0 Å². The first kappa shape index (κ1) is 21.5. The van der Waals surface area contributed by atoms with Crippen molar-refractivity contribution in [1.82, 2.24) is 10.6 Å². The van der Waals surface area contributed by atoms with Crippen molar-refractivity contribution in [2.75, 3.05) is 53.2 Å². The number of aliphatic imine (C=N–C) groups is 1. The van der Waals surface area contributed by atoms with E-state index in [1.165, 1.54) is 0 Å². The van der Waals surface area contributed by atoms with Crippen LogP contribution >= 0.6 is 0 Å². The molecule has 1 heterocycles. The van der Waals surface area contributed by atoms with Crippen LogP contribution in [-0.4, -0.2) is 59.1 Å². The minimum Gasteiger partial charge on any atom is -0.467 e. The molecule has 0 fully saturated rings. The standard InChI is InChI=1S/C18H33N3O4/c1-3-4-10-22-14-15-23-13-9-21-18(19-2)20-8-6-11-24-16-17-7-5-12-25-17/h5,7,12H,3-4,6,8-11,13-16H2,1-2H3,(H2,19,20,21). The first-order chi connectivity index (χ1) is 12.4. The first-order valence-corrected chi connectivity index (χ1v) is 9.07. The Morgan fingerprint density at radius 3 is 2.48 bits per heavy atom. The van der Waals surface area contributed by atoms with Crippen molar-refractivity contribution < 1.29 is 18.6 Å². The van der Waals surface area contributed by atoms with E-state index in [9.17, 15) is 0 Å². The van der Waals surface area contributed by atoms with Crippen LogP contribution < -0.4 is 10.6 Å². The van der Waals surface area contributed by atoms with Gasteiger partial charge in [-0.05, 0) is 25.0 Å². The number of guanidine groups is 1. The van der Waals surface area contributed by atoms with Crippen molar-refractivity contribution in [2.45, 2.75) is 32.8 Å². The summed E-state index contributed by atoms with van der Waals surface area (Å²) in [4.78, 5) is 4.17. The van der Waals surface area contributed by atoms with Gasteiger partial charge in [-0.25, -0.2) is 0 Å². The largest absolute Gasteiger partial charge is 0.467 e. The Labute approximate surface area is 151 Å². The Kier molecular flexibility index (Phi) is 13.7. The van der Waals surface area contributed by atoms with Gasteiger partial charge in [0.2, 0.25) is 0 Å². The first-order valence-electron chi connectivity index (χ1n) is 9.07. The monoisotopic (exact) mass is 355 g/mol. The maximum atomic E-state index is 5.53. The van der Waals surface area contributed by atoms with Gasteiger partial charge in [-0.1, -0.05) is 13.3 Å². The average molecular weight is 355 g/mol. The summed E-state index contributed by atoms with van der Waals surface area (Å²) < 4.78 is 21.7. The van der Waals surface area contributed by atoms with Gasteiger partial charge in [-0.15, -0.1) is 0 Å². The van der Waals surface area contributed by atoms with Gasteiger partial charge in [0.25, 0.3) is 0 Å². The van der Waals surface area contributed by atoms with Crippen LogP contribution in [0.3, 0.4) is 0 Å². The quantitative estimate of drug-likeness (QED) is 0.285. The van der Waals surface area contributed by atoms with E-state index < -0.39 is 0 Å². The summed E-state index contributed by atoms with van der Waals surface area (Å²) in [6.07, 6.45) is 4.82. The maximum Gasteiger partial charge on any atom is 0.191 e. The number of unbranched alkanes of at least 4 members (excludes halogenated alkanes) is 1. The van der Waals surface area contributed by atoms with Crippen LogP contribution in [0.5, 0.6) is 0 Å². The molecule has 0 unspecified atom stereocenters. The molecule has 7 heteroatoms. The number of hydrogen-bond acceptors (Lipinski definition) is 5. The third-order valence-electron chi connectivity index (χ3n) is 3.36. The highest BCUT2D eigenvalue weighted by Crippen LogP contribution is 2.01. The minimum absolute atomic E-state index is 0.513. The lowest BCUT2D eigenvalue weighted by molar-refractivity contribution is 0.0487. The van der Waals surface area contributed by atoms with Crippen LogP contribution in [0.2, 0.25) is 0 Å². The van der Waals surface area contributed by atoms with Crippen LogP contribution in [0.25, 0.3) is 0 Å². The summed E-state index contributed by atoms with van der Waals surface area (Å²) in [5.74, 6) is 1.62. The fraction of sp³-hybridized carbons (Fsp3) is 0.722. The molecule has 1 aromatic rings. The van der Waals surface area contributed by atoms with E-state index in [1.54, 1.807) is 13.3 Å². The predicted molar refractivity (Wildman–Crippen MR) is 98.9 cm³/mol. The zero-order valence-electron chi connectivity index (χ0n) is 15.6. The molecule has 0 aliphatic carbocycles. The number of rotatable bonds is 15. The topological polar surface area (TPSA) is 77.2 Å². The normalized spacial score (nSPS) is 11.7. The smallest absolute Gasteiger partial charge is 0.191 e. The molecule has 1 rings (SSSR count). The molecule has 0 bridgehead atoms. The van der Waals surface area contributed by atoms with Crippen LogP contribution in [-0.2, 0) is 20.8 Å².